The molecule has 0 heterocycles. The smallest absolute Gasteiger partial charge is 0.326 e. The van der Waals surface area contributed by atoms with Gasteiger partial charge in [0.25, 0.3) is 0 Å². The van der Waals surface area contributed by atoms with E-state index in [1.807, 2.05) is 0 Å². The number of nitrogens with one attached hydrogen (secondary N) is 13. The van der Waals surface area contributed by atoms with E-state index in [0.717, 1.165) is 6.92 Å². The number of aliphatic hydroxyl groups is 5. The molecule has 0 aliphatic heterocycles. The lowest BCUT2D eigenvalue weighted by Crippen LogP contribution is -2.62. The number of guanidine groups is 1. The number of hydrogen-bond donors (Lipinski definition) is 27. The van der Waals surface area contributed by atoms with Gasteiger partial charge in [-0.1, -0.05) is 41.5 Å². The molecule has 0 saturated carbocycles. The molecule has 33 N–H and O–H groups in total. The molecule has 0 aliphatic rings. The number of hydrogen-bond acceptors (Lipinski definition) is 26. The van der Waals surface area contributed by atoms with Crippen molar-refractivity contribution < 1.29 is 127 Å². The summed E-state index contributed by atoms with van der Waals surface area (Å²) in [4.78, 5) is 243. The highest BCUT2D eigenvalue weighted by atomic mass is 16.4. The van der Waals surface area contributed by atoms with Crippen molar-refractivity contribution >= 4 is 112 Å². The monoisotopic (exact) mass is 1590 g/mol. The van der Waals surface area contributed by atoms with Crippen molar-refractivity contribution in [1.29, 1.82) is 0 Å². The van der Waals surface area contributed by atoms with Gasteiger partial charge in [0, 0.05) is 25.8 Å². The zero-order valence-corrected chi connectivity index (χ0v) is 63.1. The average Bonchev–Trinajstić information content (AvgIpc) is 0.845. The predicted molar refractivity (Wildman–Crippen MR) is 388 cm³/mol. The maximum absolute atomic E-state index is 14.3. The third-order valence-corrected chi connectivity index (χ3v) is 16.1. The number of aliphatic hydroxyl groups excluding tert-OH is 5. The van der Waals surface area contributed by atoms with Gasteiger partial charge in [-0.15, -0.1) is 0 Å². The Hall–Kier alpha value is -10.5. The first kappa shape index (κ1) is 100. The summed E-state index contributed by atoms with van der Waals surface area (Å²) in [6.07, 6.45) is -7.59. The Morgan fingerprint density at radius 2 is 0.631 bits per heavy atom. The summed E-state index contributed by atoms with van der Waals surface area (Å²) in [5.41, 5.74) is 32.9. The quantitative estimate of drug-likeness (QED) is 0.0153. The minimum absolute atomic E-state index is 0.0262. The van der Waals surface area contributed by atoms with Crippen molar-refractivity contribution in [2.45, 2.75) is 235 Å². The largest absolute Gasteiger partial charge is 0.481 e. The number of carbonyl (C=O) groups excluding carboxylic acids is 15. The van der Waals surface area contributed by atoms with Crippen LogP contribution in [0.5, 0.6) is 0 Å². The first-order valence-electron chi connectivity index (χ1n) is 35.7. The average molecular weight is 1590 g/mol. The van der Waals surface area contributed by atoms with Crippen LogP contribution in [-0.2, 0) is 86.3 Å². The number of carboxylic acid groups (broad SMARTS) is 3. The molecule has 0 aromatic heterocycles. The Morgan fingerprint density at radius 3 is 0.955 bits per heavy atom. The summed E-state index contributed by atoms with van der Waals surface area (Å²) >= 11 is 0. The summed E-state index contributed by atoms with van der Waals surface area (Å²) in [5.74, 6) is -24.0. The minimum Gasteiger partial charge on any atom is -0.481 e. The van der Waals surface area contributed by atoms with Crippen LogP contribution in [-0.4, -0.2) is 284 Å². The number of primary amides is 2. The van der Waals surface area contributed by atoms with Gasteiger partial charge in [-0.05, 0) is 102 Å². The Morgan fingerprint density at radius 1 is 0.333 bits per heavy atom. The molecular weight excluding hydrogens is 1480 g/mol. The lowest BCUT2D eigenvalue weighted by molar-refractivity contribution is -0.143. The summed E-state index contributed by atoms with van der Waals surface area (Å²) in [7, 11) is 0. The Bertz CT molecular complexity index is 3190. The molecule has 0 rings (SSSR count). The number of nitrogens with two attached hydrogens (primary N) is 6. The topological polar surface area (TPSA) is 794 Å². The molecule has 46 heteroatoms. The molecule has 630 valence electrons. The summed E-state index contributed by atoms with van der Waals surface area (Å²) < 4.78 is 0. The molecule has 0 aromatic rings. The van der Waals surface area contributed by atoms with Crippen LogP contribution in [0, 0.1) is 17.8 Å². The molecule has 0 spiro atoms. The molecule has 0 radical (unpaired) electrons. The maximum atomic E-state index is 14.3. The molecule has 15 amide bonds. The van der Waals surface area contributed by atoms with E-state index >= 15 is 0 Å². The Kier molecular flexibility index (Phi) is 47.5. The van der Waals surface area contributed by atoms with Crippen LogP contribution in [0.2, 0.25) is 0 Å². The molecule has 0 aromatic carbocycles. The van der Waals surface area contributed by atoms with Gasteiger partial charge in [-0.2, -0.15) is 0 Å². The molecule has 0 aliphatic carbocycles. The zero-order chi connectivity index (χ0) is 85.1. The maximum Gasteiger partial charge on any atom is 0.326 e. The molecule has 0 fully saturated rings. The van der Waals surface area contributed by atoms with Gasteiger partial charge >= 0.3 is 17.9 Å². The number of aliphatic imine (C=N–C) groups is 1. The van der Waals surface area contributed by atoms with Gasteiger partial charge in [0.1, 0.15) is 84.6 Å². The van der Waals surface area contributed by atoms with Gasteiger partial charge < -0.3 is 144 Å². The minimum atomic E-state index is -2.04. The second kappa shape index (κ2) is 52.5. The second-order valence-electron chi connectivity index (χ2n) is 27.3. The Labute approximate surface area is 638 Å². The molecule has 0 saturated heterocycles. The van der Waals surface area contributed by atoms with Gasteiger partial charge in [-0.3, -0.25) is 86.5 Å². The normalized spacial score (nSPS) is 15.2. The highest BCUT2D eigenvalue weighted by Crippen LogP contribution is 2.14. The third-order valence-electron chi connectivity index (χ3n) is 16.1. The van der Waals surface area contributed by atoms with Crippen molar-refractivity contribution in [3.63, 3.8) is 0 Å². The van der Waals surface area contributed by atoms with Crippen LogP contribution in [0.25, 0.3) is 0 Å². The number of aliphatic carboxylic acids is 3. The van der Waals surface area contributed by atoms with Crippen LogP contribution < -0.4 is 104 Å². The summed E-state index contributed by atoms with van der Waals surface area (Å²) in [6, 6.07) is -24.8. The predicted octanol–water partition coefficient (Wildman–Crippen LogP) is -11.8. The highest BCUT2D eigenvalue weighted by Gasteiger charge is 2.39. The van der Waals surface area contributed by atoms with E-state index in [-0.39, 0.29) is 69.9 Å². The van der Waals surface area contributed by atoms with Crippen molar-refractivity contribution in [2.75, 3.05) is 39.5 Å². The van der Waals surface area contributed by atoms with Crippen molar-refractivity contribution in [2.24, 2.45) is 57.1 Å². The summed E-state index contributed by atoms with van der Waals surface area (Å²) in [5, 5.41) is 109. The van der Waals surface area contributed by atoms with Gasteiger partial charge in [0.05, 0.1) is 39.0 Å². The number of unbranched alkanes of at least 4 members (excludes halogenated alkanes) is 1. The van der Waals surface area contributed by atoms with E-state index in [1.165, 1.54) is 0 Å². The van der Waals surface area contributed by atoms with Crippen molar-refractivity contribution in [1.82, 2.24) is 69.1 Å². The zero-order valence-electron chi connectivity index (χ0n) is 63.1. The Balaban J connectivity index is 7.09. The lowest BCUT2D eigenvalue weighted by Gasteiger charge is -2.29. The second-order valence-corrected chi connectivity index (χ2v) is 27.3. The number of carbonyl (C=O) groups is 18. The van der Waals surface area contributed by atoms with Crippen molar-refractivity contribution in [3.05, 3.63) is 0 Å². The number of nitrogens with zero attached hydrogens (tertiary/aromatic N) is 1. The molecule has 15 atom stereocenters. The van der Waals surface area contributed by atoms with Crippen LogP contribution in [0.1, 0.15) is 145 Å². The van der Waals surface area contributed by atoms with Gasteiger partial charge in [0.15, 0.2) is 5.96 Å². The fourth-order valence-corrected chi connectivity index (χ4v) is 10.3. The standard InChI is InChI=1S/C65H114N20O26/c1-29(2)21-39(78-51(97)33(67)25-86)58(104)84-45(28-89)62(108)85-50(32(7)90)63(109)81-42(24-47(69)92)59(105)79-40(22-30(3)4)57(103)76-36(13-16-46(68)91)54(100)75-37(14-17-48(93)94)55(101)83-44(27-88)61(107)80-41(23-31(5)6)56(102)73-35(12-10-20-72-65(70)71)53(99)82-43(26-87)60(106)74-34(11-8-9-19-66)52(98)77-38(64(110)111)15-18-49(95)96/h29-45,50,86-90H,8-28,66-67H2,1-7H3,(H2,68,91)(H2,69,92)(H,73,102)(H,74,106)(H,75,100)(H,76,103)(H,77,98)(H,78,97)(H,79,105)(H,80,107)(H,81,109)(H,82,99)(H,83,101)(H,84,104)(H,85,108)(H,93,94)(H,95,96)(H,110,111)(H4,70,71,72)/t32-,33+,34+,35+,36+,37+,38+,39+,40+,41+,42+,43+,44+,45+,50+/m1/s1. The number of amides is 15. The first-order valence-corrected chi connectivity index (χ1v) is 35.7. The number of rotatable bonds is 57. The van der Waals surface area contributed by atoms with E-state index < -0.39 is 280 Å². The molecule has 0 unspecified atom stereocenters. The third kappa shape index (κ3) is 40.6. The van der Waals surface area contributed by atoms with E-state index in [9.17, 15) is 122 Å². The fraction of sp³-hybridized carbons (Fsp3) is 0.708. The van der Waals surface area contributed by atoms with E-state index in [4.69, 9.17) is 39.5 Å². The van der Waals surface area contributed by atoms with E-state index in [0.29, 0.717) is 6.42 Å². The van der Waals surface area contributed by atoms with Crippen LogP contribution >= 0.6 is 0 Å². The summed E-state index contributed by atoms with van der Waals surface area (Å²) in [6.45, 7) is 6.42. The molecule has 46 nitrogen and oxygen atoms in total. The van der Waals surface area contributed by atoms with E-state index in [1.54, 1.807) is 41.5 Å². The molecular formula is C65H114N20O26. The van der Waals surface area contributed by atoms with E-state index in [2.05, 4.69) is 74.1 Å². The van der Waals surface area contributed by atoms with Gasteiger partial charge in [0.2, 0.25) is 88.6 Å². The molecule has 111 heavy (non-hydrogen) atoms. The van der Waals surface area contributed by atoms with Crippen LogP contribution in [0.15, 0.2) is 4.99 Å². The van der Waals surface area contributed by atoms with Gasteiger partial charge in [-0.25, -0.2) is 4.79 Å². The molecule has 0 bridgehead atoms. The van der Waals surface area contributed by atoms with Crippen LogP contribution in [0.3, 0.4) is 0 Å². The highest BCUT2D eigenvalue weighted by molar-refractivity contribution is 6.01. The fourth-order valence-electron chi connectivity index (χ4n) is 10.3. The van der Waals surface area contributed by atoms with Crippen LogP contribution in [0.4, 0.5) is 0 Å². The first-order chi connectivity index (χ1) is 51.9. The number of carboxylic acids is 3. The van der Waals surface area contributed by atoms with Crippen molar-refractivity contribution in [3.8, 4) is 0 Å². The lowest BCUT2D eigenvalue weighted by atomic mass is 10.0. The SMILES string of the molecule is CC(C)C[C@H](NC(=O)[C@H](CO)NC(=O)[C@H](CCC(=O)O)NC(=O)[C@H](CCC(N)=O)NC(=O)[C@H](CC(C)C)NC(=O)[C@H](CC(N)=O)NC(=O)[C@@H](NC(=O)[C@H](CO)NC(=O)[C@H](CC(C)C)NC(=O)[C@@H](N)CO)[C@@H](C)O)C(=O)N[C@@H](CCCN=C(N)N)C(=O)N[C@@H](CO)C(=O)N[C@@H](CCCCN)C(=O)N[C@@H](CCC(=O)O)C(=O)O.